The fraction of sp³-hybridized carbons (Fsp3) is 0.0870. The molecule has 0 spiro atoms. The van der Waals surface area contributed by atoms with Crippen LogP contribution in [0.15, 0.2) is 89.8 Å². The third kappa shape index (κ3) is 6.04. The Balaban J connectivity index is 1.53. The molecule has 3 rings (SSSR count). The molecule has 0 saturated heterocycles. The molecule has 0 heterocycles. The summed E-state index contributed by atoms with van der Waals surface area (Å²) in [5, 5.41) is 2.87. The smallest absolute Gasteiger partial charge is 0.248 e. The highest BCUT2D eigenvalue weighted by Gasteiger charge is 2.00. The van der Waals surface area contributed by atoms with Gasteiger partial charge in [0, 0.05) is 16.7 Å². The number of amides is 1. The Hall–Kier alpha value is -2.98. The van der Waals surface area contributed by atoms with E-state index >= 15 is 0 Å². The van der Waals surface area contributed by atoms with Gasteiger partial charge in [0.15, 0.2) is 0 Å². The summed E-state index contributed by atoms with van der Waals surface area (Å²) in [7, 11) is 0. The molecule has 0 aliphatic carbocycles. The van der Waals surface area contributed by atoms with Crippen LogP contribution in [0.5, 0.6) is 5.75 Å². The Morgan fingerprint density at radius 1 is 1.00 bits per heavy atom. The lowest BCUT2D eigenvalue weighted by Crippen LogP contribution is -2.07. The van der Waals surface area contributed by atoms with E-state index in [0.29, 0.717) is 6.61 Å². The van der Waals surface area contributed by atoms with E-state index in [2.05, 4.69) is 5.32 Å². The molecule has 3 aromatic rings. The Morgan fingerprint density at radius 2 is 1.78 bits per heavy atom. The van der Waals surface area contributed by atoms with Gasteiger partial charge in [0.1, 0.15) is 12.4 Å². The highest BCUT2D eigenvalue weighted by Crippen LogP contribution is 2.19. The van der Waals surface area contributed by atoms with Gasteiger partial charge in [-0.05, 0) is 53.8 Å². The van der Waals surface area contributed by atoms with Crippen molar-refractivity contribution in [1.29, 1.82) is 0 Å². The maximum Gasteiger partial charge on any atom is 0.248 e. The fourth-order valence-electron chi connectivity index (χ4n) is 2.47. The third-order valence-electron chi connectivity index (χ3n) is 3.89. The van der Waals surface area contributed by atoms with Gasteiger partial charge in [-0.15, -0.1) is 11.8 Å². The van der Waals surface area contributed by atoms with E-state index in [0.717, 1.165) is 27.5 Å². The Labute approximate surface area is 164 Å². The molecule has 0 bridgehead atoms. The van der Waals surface area contributed by atoms with Gasteiger partial charge < -0.3 is 10.1 Å². The standard InChI is InChI=1S/C23H21NO2S/c1-27-22-9-5-8-20(16-22)24-23(25)15-12-18-10-13-21(14-11-18)26-17-19-6-3-2-4-7-19/h2-16H,17H2,1H3,(H,24,25)/b15-12+. The fourth-order valence-corrected chi connectivity index (χ4v) is 2.93. The SMILES string of the molecule is CSc1cccc(NC(=O)/C=C/c2ccc(OCc3ccccc3)cc2)c1. The molecule has 0 fully saturated rings. The van der Waals surface area contributed by atoms with Crippen LogP contribution in [-0.2, 0) is 11.4 Å². The molecule has 0 aromatic heterocycles. The van der Waals surface area contributed by atoms with Crippen LogP contribution < -0.4 is 10.1 Å². The molecule has 0 unspecified atom stereocenters. The minimum absolute atomic E-state index is 0.155. The zero-order valence-electron chi connectivity index (χ0n) is 15.1. The second-order valence-electron chi connectivity index (χ2n) is 5.90. The Morgan fingerprint density at radius 3 is 2.52 bits per heavy atom. The topological polar surface area (TPSA) is 38.3 Å². The number of hydrogen-bond acceptors (Lipinski definition) is 3. The molecular weight excluding hydrogens is 354 g/mol. The number of ether oxygens (including phenoxy) is 1. The molecule has 1 N–H and O–H groups in total. The van der Waals surface area contributed by atoms with Crippen LogP contribution in [0.3, 0.4) is 0 Å². The number of benzene rings is 3. The van der Waals surface area contributed by atoms with E-state index in [9.17, 15) is 4.79 Å². The second kappa shape index (κ2) is 9.64. The van der Waals surface area contributed by atoms with Crippen molar-refractivity contribution in [1.82, 2.24) is 0 Å². The average molecular weight is 375 g/mol. The molecular formula is C23H21NO2S. The summed E-state index contributed by atoms with van der Waals surface area (Å²) in [5.41, 5.74) is 2.86. The number of anilines is 1. The van der Waals surface area contributed by atoms with Gasteiger partial charge in [-0.2, -0.15) is 0 Å². The summed E-state index contributed by atoms with van der Waals surface area (Å²) in [6.07, 6.45) is 5.33. The Bertz CT molecular complexity index is 905. The van der Waals surface area contributed by atoms with Crippen LogP contribution in [-0.4, -0.2) is 12.2 Å². The van der Waals surface area contributed by atoms with Gasteiger partial charge in [0.05, 0.1) is 0 Å². The van der Waals surface area contributed by atoms with E-state index in [4.69, 9.17) is 4.74 Å². The molecule has 3 nitrogen and oxygen atoms in total. The number of carbonyl (C=O) groups excluding carboxylic acids is 1. The van der Waals surface area contributed by atoms with Crippen molar-refractivity contribution in [2.75, 3.05) is 11.6 Å². The van der Waals surface area contributed by atoms with Crippen molar-refractivity contribution in [2.24, 2.45) is 0 Å². The van der Waals surface area contributed by atoms with E-state index in [1.54, 1.807) is 17.8 Å². The average Bonchev–Trinajstić information content (AvgIpc) is 2.72. The number of hydrogen-bond donors (Lipinski definition) is 1. The summed E-state index contributed by atoms with van der Waals surface area (Å²) in [5.74, 6) is 0.645. The molecule has 0 radical (unpaired) electrons. The van der Waals surface area contributed by atoms with Crippen molar-refractivity contribution in [3.8, 4) is 5.75 Å². The van der Waals surface area contributed by atoms with Crippen molar-refractivity contribution in [3.63, 3.8) is 0 Å². The predicted molar refractivity (Wildman–Crippen MR) is 113 cm³/mol. The van der Waals surface area contributed by atoms with Crippen LogP contribution in [0.25, 0.3) is 6.08 Å². The first-order valence-corrected chi connectivity index (χ1v) is 9.85. The van der Waals surface area contributed by atoms with Crippen molar-refractivity contribution in [2.45, 2.75) is 11.5 Å². The zero-order valence-corrected chi connectivity index (χ0v) is 15.9. The summed E-state index contributed by atoms with van der Waals surface area (Å²) < 4.78 is 5.77. The van der Waals surface area contributed by atoms with Crippen LogP contribution in [0.2, 0.25) is 0 Å². The summed E-state index contributed by atoms with van der Waals surface area (Å²) in [6.45, 7) is 0.535. The van der Waals surface area contributed by atoms with Crippen molar-refractivity contribution < 1.29 is 9.53 Å². The third-order valence-corrected chi connectivity index (χ3v) is 4.62. The van der Waals surface area contributed by atoms with E-state index in [1.807, 2.05) is 85.1 Å². The first kappa shape index (κ1) is 18.8. The van der Waals surface area contributed by atoms with Gasteiger partial charge in [0.2, 0.25) is 5.91 Å². The lowest BCUT2D eigenvalue weighted by molar-refractivity contribution is -0.111. The summed E-state index contributed by atoms with van der Waals surface area (Å²) in [4.78, 5) is 13.2. The van der Waals surface area contributed by atoms with Gasteiger partial charge in [0.25, 0.3) is 0 Å². The molecule has 3 aromatic carbocycles. The normalized spacial score (nSPS) is 10.7. The number of nitrogens with one attached hydrogen (secondary N) is 1. The predicted octanol–water partition coefficient (Wildman–Crippen LogP) is 5.64. The molecule has 136 valence electrons. The minimum Gasteiger partial charge on any atom is -0.489 e. The highest BCUT2D eigenvalue weighted by atomic mass is 32.2. The largest absolute Gasteiger partial charge is 0.489 e. The summed E-state index contributed by atoms with van der Waals surface area (Å²) >= 11 is 1.64. The molecule has 0 saturated carbocycles. The number of thioether (sulfide) groups is 1. The van der Waals surface area contributed by atoms with Gasteiger partial charge in [-0.25, -0.2) is 0 Å². The zero-order chi connectivity index (χ0) is 18.9. The lowest BCUT2D eigenvalue weighted by atomic mass is 10.2. The van der Waals surface area contributed by atoms with Gasteiger partial charge in [-0.3, -0.25) is 4.79 Å². The number of rotatable bonds is 7. The highest BCUT2D eigenvalue weighted by molar-refractivity contribution is 7.98. The first-order valence-electron chi connectivity index (χ1n) is 8.63. The van der Waals surface area contributed by atoms with Crippen LogP contribution in [0.4, 0.5) is 5.69 Å². The van der Waals surface area contributed by atoms with Crippen molar-refractivity contribution in [3.05, 3.63) is 96.1 Å². The van der Waals surface area contributed by atoms with Crippen molar-refractivity contribution >= 4 is 29.4 Å². The molecule has 0 aliphatic heterocycles. The van der Waals surface area contributed by atoms with Crippen LogP contribution in [0.1, 0.15) is 11.1 Å². The quantitative estimate of drug-likeness (QED) is 0.429. The minimum atomic E-state index is -0.155. The monoisotopic (exact) mass is 375 g/mol. The van der Waals surface area contributed by atoms with Gasteiger partial charge in [-0.1, -0.05) is 48.5 Å². The second-order valence-corrected chi connectivity index (χ2v) is 6.78. The first-order chi connectivity index (χ1) is 13.2. The Kier molecular flexibility index (Phi) is 6.72. The molecule has 1 amide bonds. The molecule has 0 aliphatic rings. The lowest BCUT2D eigenvalue weighted by Gasteiger charge is -2.06. The van der Waals surface area contributed by atoms with Crippen LogP contribution >= 0.6 is 11.8 Å². The van der Waals surface area contributed by atoms with E-state index in [1.165, 1.54) is 6.08 Å². The molecule has 4 heteroatoms. The molecule has 27 heavy (non-hydrogen) atoms. The van der Waals surface area contributed by atoms with Crippen LogP contribution in [0, 0.1) is 0 Å². The van der Waals surface area contributed by atoms with E-state index < -0.39 is 0 Å². The molecule has 0 atom stereocenters. The maximum atomic E-state index is 12.1. The maximum absolute atomic E-state index is 12.1. The van der Waals surface area contributed by atoms with Gasteiger partial charge >= 0.3 is 0 Å². The summed E-state index contributed by atoms with van der Waals surface area (Å²) in [6, 6.07) is 25.5. The number of carbonyl (C=O) groups is 1. The van der Waals surface area contributed by atoms with E-state index in [-0.39, 0.29) is 5.91 Å².